The summed E-state index contributed by atoms with van der Waals surface area (Å²) in [4.78, 5) is 24.0. The van der Waals surface area contributed by atoms with E-state index >= 15 is 0 Å². The molecule has 0 radical (unpaired) electrons. The van der Waals surface area contributed by atoms with Gasteiger partial charge in [-0.2, -0.15) is 5.10 Å². The van der Waals surface area contributed by atoms with Crippen molar-refractivity contribution in [1.82, 2.24) is 9.97 Å². The first-order valence-corrected chi connectivity index (χ1v) is 10.7. The predicted molar refractivity (Wildman–Crippen MR) is 120 cm³/mol. The molecule has 0 bridgehead atoms. The summed E-state index contributed by atoms with van der Waals surface area (Å²) in [5.41, 5.74) is 10.1. The highest BCUT2D eigenvalue weighted by molar-refractivity contribution is 7.18. The van der Waals surface area contributed by atoms with E-state index in [2.05, 4.69) is 20.5 Å². The molecular weight excluding hydrogens is 421 g/mol. The van der Waals surface area contributed by atoms with Gasteiger partial charge in [0.25, 0.3) is 5.91 Å². The highest BCUT2D eigenvalue weighted by atomic mass is 32.1. The number of thiophene rings is 2. The fourth-order valence-corrected chi connectivity index (χ4v) is 5.15. The van der Waals surface area contributed by atoms with Crippen LogP contribution in [0.3, 0.4) is 0 Å². The zero-order valence-electron chi connectivity index (χ0n) is 16.3. The molecule has 4 rings (SSSR count). The normalized spacial score (nSPS) is 11.8. The van der Waals surface area contributed by atoms with Gasteiger partial charge in [0.2, 0.25) is 0 Å². The maximum atomic E-state index is 14.0. The Labute approximate surface area is 180 Å². The second kappa shape index (κ2) is 8.29. The van der Waals surface area contributed by atoms with Crippen LogP contribution in [-0.2, 0) is 11.2 Å². The highest BCUT2D eigenvalue weighted by Crippen LogP contribution is 2.30. The van der Waals surface area contributed by atoms with Gasteiger partial charge >= 0.3 is 0 Å². The third kappa shape index (κ3) is 4.07. The van der Waals surface area contributed by atoms with Crippen molar-refractivity contribution in [2.45, 2.75) is 20.3 Å². The van der Waals surface area contributed by atoms with Gasteiger partial charge in [-0.3, -0.25) is 10.2 Å². The fraction of sp³-hybridized carbons (Fsp3) is 0.143. The van der Waals surface area contributed by atoms with E-state index in [4.69, 9.17) is 5.73 Å². The number of rotatable bonds is 6. The number of nitrogens with two attached hydrogens (primary N) is 1. The Morgan fingerprint density at radius 2 is 2.00 bits per heavy atom. The Morgan fingerprint density at radius 3 is 2.70 bits per heavy atom. The smallest absolute Gasteiger partial charge is 0.270 e. The van der Waals surface area contributed by atoms with E-state index in [0.29, 0.717) is 17.8 Å². The number of aromatic nitrogens is 2. The standard InChI is InChI=1S/C21H18FN5OS2/c1-11-7-12(2)29-18(11)17(19(23)28)26-27-20-15-9-14(30-21(15)25-10-24-20)8-13-5-3-4-6-16(13)22/h3-7,9-10H,8H2,1-2H3,(H2,23,28)(H,24,25,27). The van der Waals surface area contributed by atoms with Crippen molar-refractivity contribution >= 4 is 50.3 Å². The number of nitrogens with zero attached hydrogens (tertiary/aromatic N) is 3. The van der Waals surface area contributed by atoms with Crippen molar-refractivity contribution in [3.63, 3.8) is 0 Å². The average Bonchev–Trinajstić information content (AvgIpc) is 3.26. The lowest BCUT2D eigenvalue weighted by Crippen LogP contribution is -2.25. The zero-order valence-corrected chi connectivity index (χ0v) is 17.9. The van der Waals surface area contributed by atoms with Gasteiger partial charge < -0.3 is 5.73 Å². The summed E-state index contributed by atoms with van der Waals surface area (Å²) in [6.07, 6.45) is 1.88. The number of fused-ring (bicyclic) bond motifs is 1. The lowest BCUT2D eigenvalue weighted by Gasteiger charge is -2.04. The first kappa shape index (κ1) is 20.1. The topological polar surface area (TPSA) is 93.3 Å². The number of aryl methyl sites for hydroxylation is 2. The van der Waals surface area contributed by atoms with Crippen LogP contribution in [0.1, 0.15) is 25.8 Å². The fourth-order valence-electron chi connectivity index (χ4n) is 3.11. The Balaban J connectivity index is 1.66. The van der Waals surface area contributed by atoms with Crippen molar-refractivity contribution in [3.05, 3.63) is 74.3 Å². The molecule has 0 saturated carbocycles. The summed E-state index contributed by atoms with van der Waals surface area (Å²) in [5.74, 6) is -0.402. The summed E-state index contributed by atoms with van der Waals surface area (Å²) in [6.45, 7) is 3.87. The van der Waals surface area contributed by atoms with Crippen molar-refractivity contribution in [2.24, 2.45) is 10.8 Å². The van der Waals surface area contributed by atoms with Crippen molar-refractivity contribution in [1.29, 1.82) is 0 Å². The number of hydrogen-bond donors (Lipinski definition) is 2. The van der Waals surface area contributed by atoms with Crippen LogP contribution >= 0.6 is 22.7 Å². The van der Waals surface area contributed by atoms with Gasteiger partial charge in [-0.1, -0.05) is 18.2 Å². The minimum absolute atomic E-state index is 0.152. The van der Waals surface area contributed by atoms with Gasteiger partial charge in [0, 0.05) is 16.2 Å². The molecule has 0 aliphatic heterocycles. The molecular formula is C21H18FN5OS2. The predicted octanol–water partition coefficient (Wildman–Crippen LogP) is 4.40. The maximum Gasteiger partial charge on any atom is 0.270 e. The second-order valence-electron chi connectivity index (χ2n) is 6.73. The molecule has 0 unspecified atom stereocenters. The largest absolute Gasteiger partial charge is 0.364 e. The van der Waals surface area contributed by atoms with Crippen LogP contribution in [0.5, 0.6) is 0 Å². The molecule has 0 fully saturated rings. The Bertz CT molecular complexity index is 1280. The molecule has 4 aromatic rings. The molecule has 0 spiro atoms. The van der Waals surface area contributed by atoms with Crippen molar-refractivity contribution in [2.75, 3.05) is 5.43 Å². The molecule has 1 amide bonds. The number of carbonyl (C=O) groups is 1. The average molecular weight is 440 g/mol. The summed E-state index contributed by atoms with van der Waals surface area (Å²) in [7, 11) is 0. The Morgan fingerprint density at radius 1 is 1.20 bits per heavy atom. The van der Waals surface area contributed by atoms with Crippen LogP contribution in [0.4, 0.5) is 10.2 Å². The molecule has 3 N–H and O–H groups in total. The number of hydrazone groups is 1. The number of carbonyl (C=O) groups excluding carboxylic acids is 1. The van der Waals surface area contributed by atoms with Crippen molar-refractivity contribution in [3.8, 4) is 0 Å². The summed E-state index contributed by atoms with van der Waals surface area (Å²) >= 11 is 2.92. The molecule has 3 heterocycles. The van der Waals surface area contributed by atoms with E-state index in [1.165, 1.54) is 35.1 Å². The number of hydrogen-bond acceptors (Lipinski definition) is 7. The summed E-state index contributed by atoms with van der Waals surface area (Å²) in [6, 6.07) is 10.6. The molecule has 9 heteroatoms. The molecule has 152 valence electrons. The van der Waals surface area contributed by atoms with Crippen LogP contribution in [0, 0.1) is 19.7 Å². The maximum absolute atomic E-state index is 14.0. The number of halogens is 1. The number of anilines is 1. The Kier molecular flexibility index (Phi) is 5.56. The molecule has 0 aliphatic rings. The minimum atomic E-state index is -0.622. The molecule has 3 aromatic heterocycles. The van der Waals surface area contributed by atoms with Gasteiger partial charge in [0.05, 0.1) is 10.3 Å². The number of amides is 1. The lowest BCUT2D eigenvalue weighted by atomic mass is 10.1. The van der Waals surface area contributed by atoms with Gasteiger partial charge in [0.15, 0.2) is 11.5 Å². The van der Waals surface area contributed by atoms with Gasteiger partial charge in [-0.25, -0.2) is 14.4 Å². The summed E-state index contributed by atoms with van der Waals surface area (Å²) in [5, 5.41) is 5.00. The molecule has 0 atom stereocenters. The first-order valence-electron chi connectivity index (χ1n) is 9.10. The molecule has 0 saturated heterocycles. The highest BCUT2D eigenvalue weighted by Gasteiger charge is 2.17. The number of primary amides is 1. The van der Waals surface area contributed by atoms with Gasteiger partial charge in [-0.15, -0.1) is 22.7 Å². The third-order valence-electron chi connectivity index (χ3n) is 4.47. The van der Waals surface area contributed by atoms with Gasteiger partial charge in [0.1, 0.15) is 17.0 Å². The number of benzene rings is 1. The van der Waals surface area contributed by atoms with E-state index < -0.39 is 5.91 Å². The first-order chi connectivity index (χ1) is 14.4. The molecule has 0 aliphatic carbocycles. The molecule has 1 aromatic carbocycles. The minimum Gasteiger partial charge on any atom is -0.364 e. The molecule has 30 heavy (non-hydrogen) atoms. The number of nitrogens with one attached hydrogen (secondary N) is 1. The Hall–Kier alpha value is -3.17. The lowest BCUT2D eigenvalue weighted by molar-refractivity contribution is -0.111. The third-order valence-corrected chi connectivity index (χ3v) is 6.67. The van der Waals surface area contributed by atoms with Crippen molar-refractivity contribution < 1.29 is 9.18 Å². The van der Waals surface area contributed by atoms with E-state index in [0.717, 1.165) is 30.4 Å². The van der Waals surface area contributed by atoms with E-state index in [1.807, 2.05) is 32.0 Å². The van der Waals surface area contributed by atoms with Crippen LogP contribution in [0.2, 0.25) is 0 Å². The van der Waals surface area contributed by atoms with E-state index in [-0.39, 0.29) is 11.5 Å². The van der Waals surface area contributed by atoms with E-state index in [1.54, 1.807) is 12.1 Å². The van der Waals surface area contributed by atoms with Crippen LogP contribution < -0.4 is 11.2 Å². The van der Waals surface area contributed by atoms with Crippen LogP contribution in [0.15, 0.2) is 47.8 Å². The SMILES string of the molecule is Cc1cc(C)c(C(=NNc2ncnc3sc(Cc4ccccc4F)cc23)C(N)=O)s1. The molecule has 6 nitrogen and oxygen atoms in total. The second-order valence-corrected chi connectivity index (χ2v) is 9.10. The van der Waals surface area contributed by atoms with Gasteiger partial charge in [-0.05, 0) is 43.2 Å². The van der Waals surface area contributed by atoms with E-state index in [9.17, 15) is 9.18 Å². The quantitative estimate of drug-likeness (QED) is 0.344. The zero-order chi connectivity index (χ0) is 21.3. The monoisotopic (exact) mass is 439 g/mol. The van der Waals surface area contributed by atoms with Crippen LogP contribution in [0.25, 0.3) is 10.2 Å². The van der Waals surface area contributed by atoms with Crippen LogP contribution in [-0.4, -0.2) is 21.6 Å². The summed E-state index contributed by atoms with van der Waals surface area (Å²) < 4.78 is 14.0.